The smallest absolute Gasteiger partial charge is 0.226 e. The van der Waals surface area contributed by atoms with Crippen molar-refractivity contribution in [3.63, 3.8) is 0 Å². The number of nitrogens with one attached hydrogen (secondary N) is 1. The van der Waals surface area contributed by atoms with Gasteiger partial charge in [-0.2, -0.15) is 4.37 Å². The Labute approximate surface area is 210 Å². The zero-order valence-electron chi connectivity index (χ0n) is 18.7. The summed E-state index contributed by atoms with van der Waals surface area (Å²) in [6, 6.07) is 8.21. The van der Waals surface area contributed by atoms with Gasteiger partial charge < -0.3 is 19.5 Å². The Bertz CT molecular complexity index is 1010. The van der Waals surface area contributed by atoms with Gasteiger partial charge >= 0.3 is 0 Å². The summed E-state index contributed by atoms with van der Waals surface area (Å²) in [7, 11) is 1.83. The van der Waals surface area contributed by atoms with E-state index in [-0.39, 0.29) is 24.0 Å². The van der Waals surface area contributed by atoms with Crippen LogP contribution in [-0.2, 0) is 12.8 Å². The highest BCUT2D eigenvalue weighted by Crippen LogP contribution is 2.20. The monoisotopic (exact) mass is 567 g/mol. The lowest BCUT2D eigenvalue weighted by molar-refractivity contribution is 0.372. The molecule has 32 heavy (non-hydrogen) atoms. The van der Waals surface area contributed by atoms with Crippen molar-refractivity contribution in [1.82, 2.24) is 24.6 Å². The van der Waals surface area contributed by atoms with Crippen LogP contribution in [0.4, 0.5) is 5.13 Å². The molecule has 2 aromatic heterocycles. The van der Waals surface area contributed by atoms with Crippen LogP contribution in [0.5, 0.6) is 0 Å². The normalized spacial score (nSPS) is 14.4. The molecule has 0 unspecified atom stereocenters. The van der Waals surface area contributed by atoms with Gasteiger partial charge in [0.15, 0.2) is 5.96 Å². The lowest BCUT2D eigenvalue weighted by Crippen LogP contribution is -2.52. The van der Waals surface area contributed by atoms with E-state index in [2.05, 4.69) is 60.4 Å². The number of hydrogen-bond acceptors (Lipinski definition) is 7. The zero-order chi connectivity index (χ0) is 21.6. The largest absolute Gasteiger partial charge is 0.444 e. The third kappa shape index (κ3) is 5.97. The van der Waals surface area contributed by atoms with Crippen molar-refractivity contribution in [2.75, 3.05) is 44.7 Å². The van der Waals surface area contributed by atoms with Gasteiger partial charge in [-0.15, -0.1) is 24.0 Å². The molecule has 1 N–H and O–H groups in total. The van der Waals surface area contributed by atoms with E-state index in [0.717, 1.165) is 73.7 Å². The van der Waals surface area contributed by atoms with E-state index in [1.165, 1.54) is 17.1 Å². The maximum Gasteiger partial charge on any atom is 0.226 e. The van der Waals surface area contributed by atoms with Crippen molar-refractivity contribution in [2.24, 2.45) is 4.99 Å². The minimum absolute atomic E-state index is 0. The quantitative estimate of drug-likeness (QED) is 0.277. The summed E-state index contributed by atoms with van der Waals surface area (Å²) in [5, 5.41) is 4.49. The first-order valence-electron chi connectivity index (χ1n) is 10.7. The molecule has 0 aliphatic carbocycles. The second-order valence-electron chi connectivity index (χ2n) is 7.55. The maximum absolute atomic E-state index is 5.66. The second-order valence-corrected chi connectivity index (χ2v) is 8.29. The topological polar surface area (TPSA) is 82.7 Å². The number of anilines is 1. The number of halogens is 1. The van der Waals surface area contributed by atoms with Crippen LogP contribution < -0.4 is 10.2 Å². The Kier molecular flexibility index (Phi) is 8.85. The minimum atomic E-state index is 0. The third-order valence-corrected chi connectivity index (χ3v) is 6.16. The summed E-state index contributed by atoms with van der Waals surface area (Å²) < 4.78 is 10.1. The Balaban J connectivity index is 0.00000289. The number of guanidine groups is 1. The molecule has 0 bridgehead atoms. The Morgan fingerprint density at radius 1 is 1.16 bits per heavy atom. The van der Waals surface area contributed by atoms with Crippen molar-refractivity contribution in [3.8, 4) is 11.5 Å². The number of rotatable bonds is 6. The van der Waals surface area contributed by atoms with Gasteiger partial charge in [-0.25, -0.2) is 9.97 Å². The molecule has 172 valence electrons. The Morgan fingerprint density at radius 2 is 1.91 bits per heavy atom. The molecule has 1 saturated heterocycles. The van der Waals surface area contributed by atoms with E-state index < -0.39 is 0 Å². The average Bonchev–Trinajstić information content (AvgIpc) is 3.47. The van der Waals surface area contributed by atoms with Crippen LogP contribution in [0.1, 0.15) is 24.0 Å². The summed E-state index contributed by atoms with van der Waals surface area (Å²) >= 11 is 1.49. The van der Waals surface area contributed by atoms with Crippen molar-refractivity contribution < 1.29 is 4.42 Å². The van der Waals surface area contributed by atoms with Crippen LogP contribution in [0.15, 0.2) is 39.9 Å². The zero-order valence-corrected chi connectivity index (χ0v) is 21.9. The van der Waals surface area contributed by atoms with Gasteiger partial charge in [-0.05, 0) is 19.1 Å². The number of aryl methyl sites for hydroxylation is 2. The molecule has 1 aliphatic rings. The van der Waals surface area contributed by atoms with Crippen molar-refractivity contribution in [3.05, 3.63) is 47.6 Å². The molecular formula is C22H30IN7OS. The molecule has 0 saturated carbocycles. The molecule has 4 rings (SSSR count). The van der Waals surface area contributed by atoms with E-state index in [1.807, 2.05) is 19.2 Å². The number of aromatic nitrogens is 3. The van der Waals surface area contributed by atoms with E-state index in [0.29, 0.717) is 5.89 Å². The van der Waals surface area contributed by atoms with Crippen LogP contribution >= 0.6 is 35.5 Å². The summed E-state index contributed by atoms with van der Waals surface area (Å²) in [5.41, 5.74) is 3.16. The number of nitrogens with zero attached hydrogens (tertiary/aromatic N) is 6. The SMILES string of the molecule is CCc1nsc(N2CCN(C(=NC)NCCc3coc(-c4ccc(C)cc4)n3)CC2)n1.I. The fraction of sp³-hybridized carbons (Fsp3) is 0.455. The highest BCUT2D eigenvalue weighted by Gasteiger charge is 2.22. The first kappa shape index (κ1) is 24.4. The highest BCUT2D eigenvalue weighted by molar-refractivity contribution is 14.0. The van der Waals surface area contributed by atoms with E-state index in [9.17, 15) is 0 Å². The predicted octanol–water partition coefficient (Wildman–Crippen LogP) is 3.62. The predicted molar refractivity (Wildman–Crippen MR) is 140 cm³/mol. The van der Waals surface area contributed by atoms with Crippen LogP contribution in [0.25, 0.3) is 11.5 Å². The van der Waals surface area contributed by atoms with Crippen LogP contribution in [0.2, 0.25) is 0 Å². The average molecular weight is 568 g/mol. The van der Waals surface area contributed by atoms with Crippen molar-refractivity contribution in [2.45, 2.75) is 26.7 Å². The summed E-state index contributed by atoms with van der Waals surface area (Å²) in [4.78, 5) is 18.3. The molecule has 1 fully saturated rings. The molecule has 3 aromatic rings. The molecule has 0 amide bonds. The van der Waals surface area contributed by atoms with Crippen LogP contribution in [0.3, 0.4) is 0 Å². The molecular weight excluding hydrogens is 537 g/mol. The Hall–Kier alpha value is -2.21. The maximum atomic E-state index is 5.66. The molecule has 1 aliphatic heterocycles. The molecule has 0 radical (unpaired) electrons. The van der Waals surface area contributed by atoms with Crippen LogP contribution in [-0.4, -0.2) is 65.0 Å². The summed E-state index contributed by atoms with van der Waals surface area (Å²) in [5.74, 6) is 2.52. The van der Waals surface area contributed by atoms with Crippen molar-refractivity contribution in [1.29, 1.82) is 0 Å². The van der Waals surface area contributed by atoms with Crippen LogP contribution in [0, 0.1) is 6.92 Å². The Morgan fingerprint density at radius 3 is 2.56 bits per heavy atom. The molecule has 1 aromatic carbocycles. The molecule has 0 atom stereocenters. The third-order valence-electron chi connectivity index (χ3n) is 5.35. The first-order valence-corrected chi connectivity index (χ1v) is 11.5. The highest BCUT2D eigenvalue weighted by atomic mass is 127. The number of benzene rings is 1. The molecule has 0 spiro atoms. The number of oxazole rings is 1. The van der Waals surface area contributed by atoms with Gasteiger partial charge in [0, 0.05) is 69.7 Å². The van der Waals surface area contributed by atoms with Gasteiger partial charge in [-0.1, -0.05) is 24.6 Å². The second kappa shape index (κ2) is 11.6. The fourth-order valence-corrected chi connectivity index (χ4v) is 4.31. The fourth-order valence-electron chi connectivity index (χ4n) is 3.51. The van der Waals surface area contributed by atoms with E-state index in [1.54, 1.807) is 6.26 Å². The van der Waals surface area contributed by atoms with Gasteiger partial charge in [0.1, 0.15) is 12.1 Å². The minimum Gasteiger partial charge on any atom is -0.444 e. The molecule has 3 heterocycles. The standard InChI is InChI=1S/C22H29N7OS.HI/c1-4-19-26-22(31-27-19)29-13-11-28(12-14-29)21(23-3)24-10-9-18-15-30-20(25-18)17-7-5-16(2)6-8-17;/h5-8,15H,4,9-14H2,1-3H3,(H,23,24);1H. The first-order chi connectivity index (χ1) is 15.2. The van der Waals surface area contributed by atoms with Gasteiger partial charge in [0.2, 0.25) is 11.0 Å². The number of aliphatic imine (C=N–C) groups is 1. The molecule has 8 nitrogen and oxygen atoms in total. The van der Waals surface area contributed by atoms with Gasteiger partial charge in [0.25, 0.3) is 0 Å². The number of piperazine rings is 1. The van der Waals surface area contributed by atoms with Crippen molar-refractivity contribution >= 4 is 46.6 Å². The number of hydrogen-bond donors (Lipinski definition) is 1. The van der Waals surface area contributed by atoms with E-state index >= 15 is 0 Å². The van der Waals surface area contributed by atoms with Gasteiger partial charge in [-0.3, -0.25) is 4.99 Å². The summed E-state index contributed by atoms with van der Waals surface area (Å²) in [6.07, 6.45) is 3.40. The lowest BCUT2D eigenvalue weighted by atomic mass is 10.1. The summed E-state index contributed by atoms with van der Waals surface area (Å²) in [6.45, 7) is 8.56. The van der Waals surface area contributed by atoms with E-state index in [4.69, 9.17) is 4.42 Å². The molecule has 10 heteroatoms. The lowest BCUT2D eigenvalue weighted by Gasteiger charge is -2.36. The van der Waals surface area contributed by atoms with Gasteiger partial charge in [0.05, 0.1) is 5.69 Å².